The van der Waals surface area contributed by atoms with Gasteiger partial charge in [-0.15, -0.1) is 5.10 Å². The molecule has 5 nitrogen and oxygen atoms in total. The van der Waals surface area contributed by atoms with Gasteiger partial charge in [-0.1, -0.05) is 24.4 Å². The average molecular weight is 409 g/mol. The van der Waals surface area contributed by atoms with Gasteiger partial charge in [0.1, 0.15) is 5.75 Å². The maximum atomic E-state index is 6.03. The molecule has 0 unspecified atom stereocenters. The second-order valence-corrected chi connectivity index (χ2v) is 7.92. The molecule has 1 heterocycles. The number of ether oxygens (including phenoxy) is 1. The molecule has 1 N–H and O–H groups in total. The second kappa shape index (κ2) is 8.70. The van der Waals surface area contributed by atoms with Crippen LogP contribution < -0.4 is 10.1 Å². The summed E-state index contributed by atoms with van der Waals surface area (Å²) in [4.78, 5) is 4.61. The van der Waals surface area contributed by atoms with Crippen molar-refractivity contribution < 1.29 is 4.74 Å². The van der Waals surface area contributed by atoms with Gasteiger partial charge in [0.25, 0.3) is 0 Å². The molecule has 1 aliphatic rings. The Hall–Kier alpha value is -2.79. The molecule has 0 saturated heterocycles. The minimum atomic E-state index is 0.543. The number of rotatable bonds is 6. The summed E-state index contributed by atoms with van der Waals surface area (Å²) >= 11 is 5.95. The van der Waals surface area contributed by atoms with Gasteiger partial charge in [-0.2, -0.15) is 0 Å². The molecule has 1 aliphatic carbocycles. The van der Waals surface area contributed by atoms with Crippen LogP contribution in [0.5, 0.6) is 11.6 Å². The first-order valence-electron chi connectivity index (χ1n) is 9.98. The fraction of sp³-hybridized carbons (Fsp3) is 0.304. The SMILES string of the molecule is Cc1cc(Oc2ccn(-c3ccc(Cl)cc3)n2)c(C)cc1/N=C/NC1CCCC1. The molecular formula is C23H25ClN4O. The predicted octanol–water partition coefficient (Wildman–Crippen LogP) is 6.13. The Morgan fingerprint density at radius 1 is 1.10 bits per heavy atom. The van der Waals surface area contributed by atoms with E-state index in [9.17, 15) is 0 Å². The number of aliphatic imine (C=N–C) groups is 1. The van der Waals surface area contributed by atoms with Crippen LogP contribution in [0.25, 0.3) is 5.69 Å². The summed E-state index contributed by atoms with van der Waals surface area (Å²) in [5, 5.41) is 8.61. The molecule has 0 amide bonds. The lowest BCUT2D eigenvalue weighted by atomic mass is 10.1. The van der Waals surface area contributed by atoms with E-state index in [1.165, 1.54) is 25.7 Å². The van der Waals surface area contributed by atoms with Crippen molar-refractivity contribution >= 4 is 23.6 Å². The van der Waals surface area contributed by atoms with Crippen molar-refractivity contribution in [2.75, 3.05) is 0 Å². The van der Waals surface area contributed by atoms with E-state index in [0.29, 0.717) is 16.9 Å². The number of hydrogen-bond donors (Lipinski definition) is 1. The van der Waals surface area contributed by atoms with E-state index < -0.39 is 0 Å². The first kappa shape index (κ1) is 19.5. The van der Waals surface area contributed by atoms with Crippen molar-refractivity contribution in [3.8, 4) is 17.3 Å². The molecule has 0 spiro atoms. The molecule has 1 fully saturated rings. The highest BCUT2D eigenvalue weighted by Crippen LogP contribution is 2.31. The third-order valence-corrected chi connectivity index (χ3v) is 5.48. The number of nitrogens with zero attached hydrogens (tertiary/aromatic N) is 3. The number of nitrogens with one attached hydrogen (secondary N) is 1. The molecule has 29 heavy (non-hydrogen) atoms. The zero-order chi connectivity index (χ0) is 20.2. The topological polar surface area (TPSA) is 51.4 Å². The van der Waals surface area contributed by atoms with Gasteiger partial charge in [-0.05, 0) is 74.2 Å². The van der Waals surface area contributed by atoms with Crippen molar-refractivity contribution in [2.45, 2.75) is 45.6 Å². The Kier molecular flexibility index (Phi) is 5.86. The van der Waals surface area contributed by atoms with Gasteiger partial charge >= 0.3 is 0 Å². The summed E-state index contributed by atoms with van der Waals surface area (Å²) in [7, 11) is 0. The van der Waals surface area contributed by atoms with Gasteiger partial charge in [0.2, 0.25) is 5.88 Å². The summed E-state index contributed by atoms with van der Waals surface area (Å²) in [5.74, 6) is 1.33. The first-order valence-corrected chi connectivity index (χ1v) is 10.4. The number of benzene rings is 2. The van der Waals surface area contributed by atoms with Gasteiger partial charge in [0.15, 0.2) is 0 Å². The van der Waals surface area contributed by atoms with Crippen molar-refractivity contribution in [3.63, 3.8) is 0 Å². The van der Waals surface area contributed by atoms with E-state index >= 15 is 0 Å². The van der Waals surface area contributed by atoms with Crippen LogP contribution in [0.1, 0.15) is 36.8 Å². The van der Waals surface area contributed by atoms with E-state index in [1.54, 1.807) is 4.68 Å². The molecule has 0 bridgehead atoms. The van der Waals surface area contributed by atoms with Crippen LogP contribution >= 0.6 is 11.6 Å². The second-order valence-electron chi connectivity index (χ2n) is 7.49. The Morgan fingerprint density at radius 2 is 1.86 bits per heavy atom. The van der Waals surface area contributed by atoms with Crippen molar-refractivity contribution in [3.05, 3.63) is 64.8 Å². The van der Waals surface area contributed by atoms with E-state index in [0.717, 1.165) is 28.3 Å². The lowest BCUT2D eigenvalue weighted by Crippen LogP contribution is -2.23. The lowest BCUT2D eigenvalue weighted by molar-refractivity contribution is 0.454. The van der Waals surface area contributed by atoms with Gasteiger partial charge < -0.3 is 10.1 Å². The van der Waals surface area contributed by atoms with Crippen LogP contribution in [-0.4, -0.2) is 22.2 Å². The summed E-state index contributed by atoms with van der Waals surface area (Å²) in [6.07, 6.45) is 8.80. The number of aryl methyl sites for hydroxylation is 2. The highest BCUT2D eigenvalue weighted by atomic mass is 35.5. The molecule has 1 saturated carbocycles. The van der Waals surface area contributed by atoms with Crippen LogP contribution in [0, 0.1) is 13.8 Å². The fourth-order valence-electron chi connectivity index (χ4n) is 3.54. The quantitative estimate of drug-likeness (QED) is 0.394. The molecule has 0 radical (unpaired) electrons. The average Bonchev–Trinajstić information content (AvgIpc) is 3.38. The maximum absolute atomic E-state index is 6.03. The molecule has 150 valence electrons. The Bertz CT molecular complexity index is 1000. The molecule has 6 heteroatoms. The summed E-state index contributed by atoms with van der Waals surface area (Å²) in [6, 6.07) is 14.0. The van der Waals surface area contributed by atoms with Crippen LogP contribution in [0.2, 0.25) is 5.02 Å². The highest BCUT2D eigenvalue weighted by Gasteiger charge is 2.13. The van der Waals surface area contributed by atoms with Crippen molar-refractivity contribution in [2.24, 2.45) is 4.99 Å². The van der Waals surface area contributed by atoms with Gasteiger partial charge in [0.05, 0.1) is 17.7 Å². The third-order valence-electron chi connectivity index (χ3n) is 5.23. The summed E-state index contributed by atoms with van der Waals surface area (Å²) in [5.41, 5.74) is 3.96. The minimum Gasteiger partial charge on any atom is -0.437 e. The van der Waals surface area contributed by atoms with Crippen molar-refractivity contribution in [1.82, 2.24) is 15.1 Å². The van der Waals surface area contributed by atoms with Gasteiger partial charge in [-0.3, -0.25) is 0 Å². The molecular weight excluding hydrogens is 384 g/mol. The Morgan fingerprint density at radius 3 is 2.62 bits per heavy atom. The molecule has 4 rings (SSSR count). The van der Waals surface area contributed by atoms with Crippen LogP contribution in [0.4, 0.5) is 5.69 Å². The standard InChI is InChI=1S/C23H25ClN4O/c1-16-14-22(17(2)13-21(16)26-15-25-19-5-3-4-6-19)29-23-11-12-28(27-23)20-9-7-18(24)8-10-20/h7-15,19H,3-6H2,1-2H3,(H,25,26). The zero-order valence-electron chi connectivity index (χ0n) is 16.7. The molecule has 0 aliphatic heterocycles. The normalized spacial score (nSPS) is 14.6. The number of aromatic nitrogens is 2. The van der Waals surface area contributed by atoms with E-state index in [1.807, 2.05) is 68.8 Å². The predicted molar refractivity (Wildman–Crippen MR) is 118 cm³/mol. The van der Waals surface area contributed by atoms with Gasteiger partial charge in [-0.25, -0.2) is 9.67 Å². The number of hydrogen-bond acceptors (Lipinski definition) is 3. The fourth-order valence-corrected chi connectivity index (χ4v) is 3.67. The van der Waals surface area contributed by atoms with Crippen LogP contribution in [-0.2, 0) is 0 Å². The van der Waals surface area contributed by atoms with Crippen LogP contribution in [0.3, 0.4) is 0 Å². The lowest BCUT2D eigenvalue weighted by Gasteiger charge is -2.11. The highest BCUT2D eigenvalue weighted by molar-refractivity contribution is 6.30. The van der Waals surface area contributed by atoms with E-state index in [4.69, 9.17) is 16.3 Å². The Labute approximate surface area is 176 Å². The summed E-state index contributed by atoms with van der Waals surface area (Å²) in [6.45, 7) is 4.06. The molecule has 0 atom stereocenters. The van der Waals surface area contributed by atoms with Crippen molar-refractivity contribution in [1.29, 1.82) is 0 Å². The first-order chi connectivity index (χ1) is 14.1. The van der Waals surface area contributed by atoms with E-state index in [-0.39, 0.29) is 0 Å². The Balaban J connectivity index is 1.45. The van der Waals surface area contributed by atoms with E-state index in [2.05, 4.69) is 15.4 Å². The van der Waals surface area contributed by atoms with Crippen LogP contribution in [0.15, 0.2) is 53.7 Å². The molecule has 1 aromatic heterocycles. The zero-order valence-corrected chi connectivity index (χ0v) is 17.5. The smallest absolute Gasteiger partial charge is 0.238 e. The third kappa shape index (κ3) is 4.80. The minimum absolute atomic E-state index is 0.543. The molecule has 3 aromatic rings. The summed E-state index contributed by atoms with van der Waals surface area (Å²) < 4.78 is 7.80. The van der Waals surface area contributed by atoms with Gasteiger partial charge in [0, 0.05) is 23.3 Å². The maximum Gasteiger partial charge on any atom is 0.238 e. The number of halogens is 1. The molecule has 2 aromatic carbocycles. The largest absolute Gasteiger partial charge is 0.437 e. The monoisotopic (exact) mass is 408 g/mol.